The van der Waals surface area contributed by atoms with Crippen LogP contribution in [0.5, 0.6) is 0 Å². The van der Waals surface area contributed by atoms with E-state index in [2.05, 4.69) is 15.9 Å². The molecule has 1 nitrogen and oxygen atoms in total. The first kappa shape index (κ1) is 13.5. The summed E-state index contributed by atoms with van der Waals surface area (Å²) in [6, 6.07) is 11.7. The Morgan fingerprint density at radius 1 is 1.22 bits per heavy atom. The minimum atomic E-state index is -0.743. The van der Waals surface area contributed by atoms with Crippen molar-refractivity contribution in [2.75, 3.05) is 0 Å². The summed E-state index contributed by atoms with van der Waals surface area (Å²) >= 11 is 9.29. The normalized spacial score (nSPS) is 12.4. The summed E-state index contributed by atoms with van der Waals surface area (Å²) in [6.45, 7) is 0. The zero-order valence-corrected chi connectivity index (χ0v) is 11.7. The first-order valence-corrected chi connectivity index (χ1v) is 6.61. The van der Waals surface area contributed by atoms with Gasteiger partial charge in [-0.2, -0.15) is 0 Å². The molecule has 94 valence electrons. The van der Waals surface area contributed by atoms with Crippen LogP contribution in [0.2, 0.25) is 5.02 Å². The standard InChI is InChI=1S/C14H11BrClFO/c15-10-3-1-2-9(6-10)7-14(18)12-5-4-11(17)8-13(12)16/h1-6,8,14,18H,7H2. The SMILES string of the molecule is OC(Cc1cccc(Br)c1)c1ccc(F)cc1Cl. The van der Waals surface area contributed by atoms with Crippen molar-refractivity contribution in [3.8, 4) is 0 Å². The van der Waals surface area contributed by atoms with Crippen molar-refractivity contribution in [2.24, 2.45) is 0 Å². The van der Waals surface area contributed by atoms with Crippen molar-refractivity contribution in [3.05, 3.63) is 68.9 Å². The third kappa shape index (κ3) is 3.31. The molecule has 0 amide bonds. The summed E-state index contributed by atoms with van der Waals surface area (Å²) in [5, 5.41) is 10.4. The van der Waals surface area contributed by atoms with E-state index in [1.165, 1.54) is 18.2 Å². The lowest BCUT2D eigenvalue weighted by atomic mass is 10.0. The molecule has 0 spiro atoms. The van der Waals surface area contributed by atoms with Crippen LogP contribution in [0.3, 0.4) is 0 Å². The maximum Gasteiger partial charge on any atom is 0.124 e. The molecule has 1 unspecified atom stereocenters. The summed E-state index contributed by atoms with van der Waals surface area (Å²) in [6.07, 6.45) is -0.308. The molecular weight excluding hydrogens is 319 g/mol. The second kappa shape index (κ2) is 5.83. The molecule has 0 bridgehead atoms. The van der Waals surface area contributed by atoms with Gasteiger partial charge in [0, 0.05) is 15.9 Å². The van der Waals surface area contributed by atoms with E-state index in [1.807, 2.05) is 24.3 Å². The minimum Gasteiger partial charge on any atom is -0.388 e. The number of aliphatic hydroxyl groups excluding tert-OH is 1. The van der Waals surface area contributed by atoms with E-state index < -0.39 is 11.9 Å². The summed E-state index contributed by atoms with van der Waals surface area (Å²) in [5.41, 5.74) is 1.52. The van der Waals surface area contributed by atoms with Crippen LogP contribution >= 0.6 is 27.5 Å². The van der Waals surface area contributed by atoms with Crippen LogP contribution in [0.1, 0.15) is 17.2 Å². The summed E-state index contributed by atoms with van der Waals surface area (Å²) < 4.78 is 13.9. The third-order valence-corrected chi connectivity index (χ3v) is 3.46. The molecule has 0 radical (unpaired) electrons. The molecule has 2 rings (SSSR count). The third-order valence-electron chi connectivity index (χ3n) is 2.64. The van der Waals surface area contributed by atoms with Crippen molar-refractivity contribution >= 4 is 27.5 Å². The highest BCUT2D eigenvalue weighted by Crippen LogP contribution is 2.27. The Morgan fingerprint density at radius 3 is 2.67 bits per heavy atom. The van der Waals surface area contributed by atoms with Crippen LogP contribution in [0.25, 0.3) is 0 Å². The Hall–Kier alpha value is -0.900. The topological polar surface area (TPSA) is 20.2 Å². The number of benzene rings is 2. The molecule has 0 aliphatic rings. The number of halogens is 3. The van der Waals surface area contributed by atoms with E-state index in [1.54, 1.807) is 0 Å². The Kier molecular flexibility index (Phi) is 4.38. The van der Waals surface area contributed by atoms with Gasteiger partial charge in [-0.25, -0.2) is 4.39 Å². The van der Waals surface area contributed by atoms with E-state index in [0.29, 0.717) is 12.0 Å². The van der Waals surface area contributed by atoms with Crippen LogP contribution < -0.4 is 0 Å². The molecule has 0 heterocycles. The number of hydrogen-bond donors (Lipinski definition) is 1. The van der Waals surface area contributed by atoms with Crippen molar-refractivity contribution in [1.82, 2.24) is 0 Å². The molecule has 2 aromatic rings. The second-order valence-corrected chi connectivity index (χ2v) is 5.34. The van der Waals surface area contributed by atoms with Gasteiger partial charge >= 0.3 is 0 Å². The van der Waals surface area contributed by atoms with Crippen LogP contribution in [0, 0.1) is 5.82 Å². The van der Waals surface area contributed by atoms with Gasteiger partial charge in [-0.15, -0.1) is 0 Å². The molecule has 1 N–H and O–H groups in total. The number of hydrogen-bond acceptors (Lipinski definition) is 1. The van der Waals surface area contributed by atoms with E-state index >= 15 is 0 Å². The van der Waals surface area contributed by atoms with E-state index in [9.17, 15) is 9.50 Å². The molecule has 2 aromatic carbocycles. The highest BCUT2D eigenvalue weighted by atomic mass is 79.9. The lowest BCUT2D eigenvalue weighted by Gasteiger charge is -2.13. The van der Waals surface area contributed by atoms with Crippen LogP contribution in [0.15, 0.2) is 46.9 Å². The van der Waals surface area contributed by atoms with Gasteiger partial charge in [0.1, 0.15) is 5.82 Å². The fourth-order valence-electron chi connectivity index (χ4n) is 1.77. The van der Waals surface area contributed by atoms with Crippen molar-refractivity contribution in [3.63, 3.8) is 0 Å². The Balaban J connectivity index is 2.19. The first-order chi connectivity index (χ1) is 8.56. The Labute approximate surface area is 118 Å². The smallest absolute Gasteiger partial charge is 0.124 e. The monoisotopic (exact) mass is 328 g/mol. The lowest BCUT2D eigenvalue weighted by molar-refractivity contribution is 0.178. The highest BCUT2D eigenvalue weighted by Gasteiger charge is 2.13. The van der Waals surface area contributed by atoms with Gasteiger partial charge in [-0.05, 0) is 35.4 Å². The van der Waals surface area contributed by atoms with Crippen molar-refractivity contribution in [1.29, 1.82) is 0 Å². The van der Waals surface area contributed by atoms with Crippen LogP contribution in [0.4, 0.5) is 4.39 Å². The molecule has 4 heteroatoms. The average molecular weight is 330 g/mol. The Bertz CT molecular complexity index is 559. The zero-order valence-electron chi connectivity index (χ0n) is 9.41. The molecule has 0 aromatic heterocycles. The van der Waals surface area contributed by atoms with Gasteiger partial charge in [0.2, 0.25) is 0 Å². The molecule has 0 saturated heterocycles. The van der Waals surface area contributed by atoms with Gasteiger partial charge in [-0.1, -0.05) is 45.7 Å². The van der Waals surface area contributed by atoms with Gasteiger partial charge in [0.25, 0.3) is 0 Å². The molecular formula is C14H11BrClFO. The van der Waals surface area contributed by atoms with Crippen LogP contribution in [-0.4, -0.2) is 5.11 Å². The van der Waals surface area contributed by atoms with Crippen LogP contribution in [-0.2, 0) is 6.42 Å². The number of aliphatic hydroxyl groups is 1. The van der Waals surface area contributed by atoms with E-state index in [4.69, 9.17) is 11.6 Å². The Morgan fingerprint density at radius 2 is 2.00 bits per heavy atom. The fourth-order valence-corrected chi connectivity index (χ4v) is 2.51. The van der Waals surface area contributed by atoms with Gasteiger partial charge in [-0.3, -0.25) is 0 Å². The predicted molar refractivity (Wildman–Crippen MR) is 74.2 cm³/mol. The number of rotatable bonds is 3. The molecule has 18 heavy (non-hydrogen) atoms. The molecule has 0 fully saturated rings. The van der Waals surface area contributed by atoms with Crippen molar-refractivity contribution < 1.29 is 9.50 Å². The molecule has 0 aliphatic heterocycles. The van der Waals surface area contributed by atoms with E-state index in [-0.39, 0.29) is 5.02 Å². The minimum absolute atomic E-state index is 0.248. The van der Waals surface area contributed by atoms with E-state index in [0.717, 1.165) is 10.0 Å². The zero-order chi connectivity index (χ0) is 13.1. The largest absolute Gasteiger partial charge is 0.388 e. The molecule has 0 saturated carbocycles. The molecule has 0 aliphatic carbocycles. The highest BCUT2D eigenvalue weighted by molar-refractivity contribution is 9.10. The van der Waals surface area contributed by atoms with Gasteiger partial charge in [0.05, 0.1) is 6.10 Å². The summed E-state index contributed by atoms with van der Waals surface area (Å²) in [4.78, 5) is 0. The summed E-state index contributed by atoms with van der Waals surface area (Å²) in [7, 11) is 0. The maximum atomic E-state index is 12.9. The lowest BCUT2D eigenvalue weighted by Crippen LogP contribution is -2.02. The maximum absolute atomic E-state index is 12.9. The fraction of sp³-hybridized carbons (Fsp3) is 0.143. The van der Waals surface area contributed by atoms with Gasteiger partial charge in [0.15, 0.2) is 0 Å². The summed E-state index contributed by atoms with van der Waals surface area (Å²) in [5.74, 6) is -0.404. The van der Waals surface area contributed by atoms with Crippen molar-refractivity contribution in [2.45, 2.75) is 12.5 Å². The molecule has 1 atom stereocenters. The second-order valence-electron chi connectivity index (χ2n) is 4.02. The first-order valence-electron chi connectivity index (χ1n) is 5.44. The average Bonchev–Trinajstić information content (AvgIpc) is 2.28. The van der Waals surface area contributed by atoms with Gasteiger partial charge < -0.3 is 5.11 Å². The predicted octanol–water partition coefficient (Wildman–Crippen LogP) is 4.52. The quantitative estimate of drug-likeness (QED) is 0.878.